The summed E-state index contributed by atoms with van der Waals surface area (Å²) in [5.41, 5.74) is 0. The summed E-state index contributed by atoms with van der Waals surface area (Å²) in [6.45, 7) is 9.49. The van der Waals surface area contributed by atoms with Gasteiger partial charge in [0.2, 0.25) is 0 Å². The molecule has 2 N–H and O–H groups in total. The lowest BCUT2D eigenvalue weighted by Gasteiger charge is -2.33. The van der Waals surface area contributed by atoms with E-state index < -0.39 is 16.6 Å². The molecule has 67 valence electrons. The third-order valence-electron chi connectivity index (χ3n) is 1.83. The lowest BCUT2D eigenvalue weighted by atomic mass is 10.6. The van der Waals surface area contributed by atoms with Gasteiger partial charge in [0.05, 0.1) is 0 Å². The van der Waals surface area contributed by atoms with E-state index in [2.05, 4.69) is 0 Å². The molecule has 0 aliphatic heterocycles. The standard InChI is InChI=1S/C7H19O2Si2/c1-6-7(10(2,3)8)11(4,5)9/h8-9H,6H2,1-5H3. The fourth-order valence-electron chi connectivity index (χ4n) is 1.61. The van der Waals surface area contributed by atoms with E-state index in [1.807, 2.05) is 33.1 Å². The van der Waals surface area contributed by atoms with E-state index in [0.29, 0.717) is 0 Å². The smallest absolute Gasteiger partial charge is 0.188 e. The second-order valence-electron chi connectivity index (χ2n) is 3.95. The molecular weight excluding hydrogens is 172 g/mol. The van der Waals surface area contributed by atoms with Crippen LogP contribution in [0.1, 0.15) is 13.3 Å². The Morgan fingerprint density at radius 1 is 1.00 bits per heavy atom. The molecule has 0 bridgehead atoms. The van der Waals surface area contributed by atoms with Crippen molar-refractivity contribution in [2.24, 2.45) is 0 Å². The van der Waals surface area contributed by atoms with Crippen LogP contribution in [0, 0.1) is 5.16 Å². The first-order chi connectivity index (χ1) is 4.69. The molecule has 4 heteroatoms. The fourth-order valence-corrected chi connectivity index (χ4v) is 9.33. The highest BCUT2D eigenvalue weighted by Gasteiger charge is 2.41. The summed E-state index contributed by atoms with van der Waals surface area (Å²) in [4.78, 5) is 19.6. The van der Waals surface area contributed by atoms with Crippen LogP contribution in [0.3, 0.4) is 0 Å². The molecule has 0 saturated carbocycles. The second kappa shape index (κ2) is 3.39. The van der Waals surface area contributed by atoms with Crippen molar-refractivity contribution < 1.29 is 9.59 Å². The first kappa shape index (κ1) is 11.4. The summed E-state index contributed by atoms with van der Waals surface area (Å²) in [6, 6.07) is 0. The van der Waals surface area contributed by atoms with Crippen molar-refractivity contribution >= 4 is 16.6 Å². The van der Waals surface area contributed by atoms with E-state index in [1.165, 1.54) is 0 Å². The maximum atomic E-state index is 9.79. The van der Waals surface area contributed by atoms with Gasteiger partial charge in [0.15, 0.2) is 16.6 Å². The van der Waals surface area contributed by atoms with Gasteiger partial charge >= 0.3 is 0 Å². The number of hydrogen-bond acceptors (Lipinski definition) is 2. The lowest BCUT2D eigenvalue weighted by molar-refractivity contribution is 0.525. The van der Waals surface area contributed by atoms with E-state index >= 15 is 0 Å². The fraction of sp³-hybridized carbons (Fsp3) is 0.857. The van der Waals surface area contributed by atoms with Gasteiger partial charge in [-0.2, -0.15) is 0 Å². The first-order valence-electron chi connectivity index (χ1n) is 4.01. The van der Waals surface area contributed by atoms with Crippen LogP contribution >= 0.6 is 0 Å². The van der Waals surface area contributed by atoms with E-state index in [0.717, 1.165) is 11.6 Å². The Labute approximate surface area is 71.5 Å². The van der Waals surface area contributed by atoms with E-state index in [1.54, 1.807) is 0 Å². The topological polar surface area (TPSA) is 40.5 Å². The van der Waals surface area contributed by atoms with Gasteiger partial charge in [-0.15, -0.1) is 0 Å². The van der Waals surface area contributed by atoms with Crippen molar-refractivity contribution in [1.29, 1.82) is 0 Å². The Morgan fingerprint density at radius 2 is 1.27 bits per heavy atom. The predicted molar refractivity (Wildman–Crippen MR) is 52.9 cm³/mol. The van der Waals surface area contributed by atoms with Gasteiger partial charge in [-0.05, 0) is 26.2 Å². The van der Waals surface area contributed by atoms with Gasteiger partial charge in [0, 0.05) is 5.16 Å². The highest BCUT2D eigenvalue weighted by molar-refractivity contribution is 6.96. The van der Waals surface area contributed by atoms with Gasteiger partial charge in [0.1, 0.15) is 0 Å². The van der Waals surface area contributed by atoms with Gasteiger partial charge in [-0.3, -0.25) is 0 Å². The Kier molecular flexibility index (Phi) is 3.50. The van der Waals surface area contributed by atoms with E-state index in [4.69, 9.17) is 0 Å². The molecule has 0 aromatic heterocycles. The van der Waals surface area contributed by atoms with Crippen LogP contribution in [-0.4, -0.2) is 26.2 Å². The molecule has 0 saturated heterocycles. The molecule has 0 aromatic rings. The zero-order valence-electron chi connectivity index (χ0n) is 8.10. The molecule has 0 aromatic carbocycles. The molecule has 0 fully saturated rings. The van der Waals surface area contributed by atoms with Crippen LogP contribution < -0.4 is 0 Å². The minimum absolute atomic E-state index is 0.825. The largest absolute Gasteiger partial charge is 0.432 e. The van der Waals surface area contributed by atoms with Crippen molar-refractivity contribution in [1.82, 2.24) is 0 Å². The van der Waals surface area contributed by atoms with Crippen molar-refractivity contribution in [2.45, 2.75) is 39.5 Å². The summed E-state index contributed by atoms with van der Waals surface area (Å²) in [6.07, 6.45) is 0.825. The van der Waals surface area contributed by atoms with Crippen molar-refractivity contribution in [3.8, 4) is 0 Å². The van der Waals surface area contributed by atoms with Crippen molar-refractivity contribution in [2.75, 3.05) is 0 Å². The average molecular weight is 191 g/mol. The molecule has 1 radical (unpaired) electrons. The first-order valence-corrected chi connectivity index (χ1v) is 9.90. The molecule has 0 aliphatic rings. The molecule has 0 rings (SSSR count). The Hall–Kier alpha value is 0.354. The SMILES string of the molecule is CC[C]([Si](C)(C)O)[Si](C)(C)O. The summed E-state index contributed by atoms with van der Waals surface area (Å²) in [5.74, 6) is 0. The molecule has 11 heavy (non-hydrogen) atoms. The third kappa shape index (κ3) is 3.51. The quantitative estimate of drug-likeness (QED) is 0.663. The number of rotatable bonds is 3. The highest BCUT2D eigenvalue weighted by atomic mass is 28.4. The molecule has 0 atom stereocenters. The van der Waals surface area contributed by atoms with Crippen molar-refractivity contribution in [3.63, 3.8) is 0 Å². The van der Waals surface area contributed by atoms with E-state index in [-0.39, 0.29) is 0 Å². The Balaban J connectivity index is 4.43. The van der Waals surface area contributed by atoms with Crippen LogP contribution in [0.4, 0.5) is 0 Å². The average Bonchev–Trinajstić information content (AvgIpc) is 1.56. The maximum absolute atomic E-state index is 9.79. The van der Waals surface area contributed by atoms with Crippen LogP contribution in [0.5, 0.6) is 0 Å². The van der Waals surface area contributed by atoms with Gasteiger partial charge in [-0.1, -0.05) is 13.3 Å². The summed E-state index contributed by atoms with van der Waals surface area (Å²) in [5, 5.41) is 1.05. The molecular formula is C7H19O2Si2. The van der Waals surface area contributed by atoms with Gasteiger partial charge in [-0.25, -0.2) is 0 Å². The monoisotopic (exact) mass is 191 g/mol. The molecule has 2 nitrogen and oxygen atoms in total. The minimum atomic E-state index is -2.19. The molecule has 0 unspecified atom stereocenters. The summed E-state index contributed by atoms with van der Waals surface area (Å²) >= 11 is 0. The van der Waals surface area contributed by atoms with Gasteiger partial charge < -0.3 is 9.59 Å². The second-order valence-corrected chi connectivity index (χ2v) is 11.9. The summed E-state index contributed by atoms with van der Waals surface area (Å²) < 4.78 is 0. The van der Waals surface area contributed by atoms with E-state index in [9.17, 15) is 9.59 Å². The van der Waals surface area contributed by atoms with Crippen LogP contribution in [-0.2, 0) is 0 Å². The van der Waals surface area contributed by atoms with Crippen molar-refractivity contribution in [3.05, 3.63) is 5.16 Å². The molecule has 0 amide bonds. The third-order valence-corrected chi connectivity index (χ3v) is 9.16. The van der Waals surface area contributed by atoms with Crippen LogP contribution in [0.2, 0.25) is 26.2 Å². The zero-order valence-corrected chi connectivity index (χ0v) is 10.1. The highest BCUT2D eigenvalue weighted by Crippen LogP contribution is 2.27. The predicted octanol–water partition coefficient (Wildman–Crippen LogP) is 1.44. The Bertz CT molecular complexity index is 109. The molecule has 0 aliphatic carbocycles. The van der Waals surface area contributed by atoms with Gasteiger partial charge in [0.25, 0.3) is 0 Å². The normalized spacial score (nSPS) is 14.2. The number of hydrogen-bond donors (Lipinski definition) is 2. The lowest BCUT2D eigenvalue weighted by Crippen LogP contribution is -2.50. The zero-order chi connectivity index (χ0) is 9.28. The molecule has 0 heterocycles. The molecule has 0 spiro atoms. The maximum Gasteiger partial charge on any atom is 0.188 e. The Morgan fingerprint density at radius 3 is 1.27 bits per heavy atom. The minimum Gasteiger partial charge on any atom is -0.432 e. The van der Waals surface area contributed by atoms with Crippen LogP contribution in [0.15, 0.2) is 0 Å². The summed E-state index contributed by atoms with van der Waals surface area (Å²) in [7, 11) is -4.39. The van der Waals surface area contributed by atoms with Crippen LogP contribution in [0.25, 0.3) is 0 Å².